The van der Waals surface area contributed by atoms with Gasteiger partial charge in [-0.15, -0.1) is 0 Å². The largest absolute Gasteiger partial charge is 0.355 e. The third-order valence-electron chi connectivity index (χ3n) is 2.94. The maximum atomic E-state index is 12.0. The van der Waals surface area contributed by atoms with E-state index in [0.717, 1.165) is 5.56 Å². The lowest BCUT2D eigenvalue weighted by Crippen LogP contribution is -2.29. The molecule has 0 aromatic heterocycles. The number of nitrogens with one attached hydrogen (secondary N) is 3. The fourth-order valence-electron chi connectivity index (χ4n) is 1.70. The Morgan fingerprint density at radius 2 is 1.95 bits per heavy atom. The molecule has 0 saturated carbocycles. The molecule has 0 aliphatic carbocycles. The predicted molar refractivity (Wildman–Crippen MR) is 76.3 cm³/mol. The maximum absolute atomic E-state index is 12.0. The normalized spacial score (nSPS) is 11.8. The SMILES string of the molecule is CNCC(C)C(=O)Nc1cc(C(=O)NC)ccc1C. The van der Waals surface area contributed by atoms with Gasteiger partial charge in [0, 0.05) is 30.8 Å². The zero-order valence-electron chi connectivity index (χ0n) is 11.8. The first-order chi connectivity index (χ1) is 8.99. The van der Waals surface area contributed by atoms with E-state index in [1.807, 2.05) is 19.9 Å². The summed E-state index contributed by atoms with van der Waals surface area (Å²) in [5.41, 5.74) is 2.14. The molecule has 1 unspecified atom stereocenters. The minimum Gasteiger partial charge on any atom is -0.355 e. The maximum Gasteiger partial charge on any atom is 0.251 e. The molecule has 2 amide bonds. The number of carbonyl (C=O) groups is 2. The Bertz CT molecular complexity index is 472. The van der Waals surface area contributed by atoms with Gasteiger partial charge in [-0.25, -0.2) is 0 Å². The Balaban J connectivity index is 2.88. The second kappa shape index (κ2) is 6.89. The number of rotatable bonds is 5. The highest BCUT2D eigenvalue weighted by molar-refractivity contribution is 5.98. The summed E-state index contributed by atoms with van der Waals surface area (Å²) in [5.74, 6) is -0.363. The van der Waals surface area contributed by atoms with Crippen molar-refractivity contribution in [3.05, 3.63) is 29.3 Å². The smallest absolute Gasteiger partial charge is 0.251 e. The minimum absolute atomic E-state index is 0.0634. The van der Waals surface area contributed by atoms with Gasteiger partial charge in [-0.2, -0.15) is 0 Å². The van der Waals surface area contributed by atoms with E-state index in [-0.39, 0.29) is 17.7 Å². The van der Waals surface area contributed by atoms with Gasteiger partial charge in [0.1, 0.15) is 0 Å². The summed E-state index contributed by atoms with van der Waals surface area (Å²) in [6, 6.07) is 5.25. The van der Waals surface area contributed by atoms with E-state index in [1.54, 1.807) is 26.2 Å². The molecule has 19 heavy (non-hydrogen) atoms. The van der Waals surface area contributed by atoms with Crippen molar-refractivity contribution < 1.29 is 9.59 Å². The molecule has 1 aromatic rings. The van der Waals surface area contributed by atoms with Gasteiger partial charge < -0.3 is 16.0 Å². The second-order valence-electron chi connectivity index (χ2n) is 4.56. The zero-order chi connectivity index (χ0) is 14.4. The summed E-state index contributed by atoms with van der Waals surface area (Å²) in [5, 5.41) is 8.38. The van der Waals surface area contributed by atoms with Crippen molar-refractivity contribution in [1.82, 2.24) is 10.6 Å². The van der Waals surface area contributed by atoms with Gasteiger partial charge in [-0.05, 0) is 31.7 Å². The fraction of sp³-hybridized carbons (Fsp3) is 0.429. The second-order valence-corrected chi connectivity index (χ2v) is 4.56. The van der Waals surface area contributed by atoms with Gasteiger partial charge in [0.05, 0.1) is 0 Å². The molecule has 104 valence electrons. The third kappa shape index (κ3) is 4.06. The highest BCUT2D eigenvalue weighted by Crippen LogP contribution is 2.17. The summed E-state index contributed by atoms with van der Waals surface area (Å²) >= 11 is 0. The van der Waals surface area contributed by atoms with Crippen molar-refractivity contribution in [1.29, 1.82) is 0 Å². The van der Waals surface area contributed by atoms with E-state index in [9.17, 15) is 9.59 Å². The molecule has 3 N–H and O–H groups in total. The van der Waals surface area contributed by atoms with Gasteiger partial charge in [0.2, 0.25) is 5.91 Å². The first-order valence-corrected chi connectivity index (χ1v) is 6.27. The molecule has 5 heteroatoms. The van der Waals surface area contributed by atoms with E-state index < -0.39 is 0 Å². The van der Waals surface area contributed by atoms with Crippen molar-refractivity contribution in [2.45, 2.75) is 13.8 Å². The Kier molecular flexibility index (Phi) is 5.51. The Hall–Kier alpha value is -1.88. The van der Waals surface area contributed by atoms with Gasteiger partial charge in [-0.3, -0.25) is 9.59 Å². The van der Waals surface area contributed by atoms with Crippen molar-refractivity contribution in [2.24, 2.45) is 5.92 Å². The molecular weight excluding hydrogens is 242 g/mol. The van der Waals surface area contributed by atoms with Crippen LogP contribution in [-0.2, 0) is 4.79 Å². The van der Waals surface area contributed by atoms with Gasteiger partial charge in [0.25, 0.3) is 5.91 Å². The van der Waals surface area contributed by atoms with E-state index in [0.29, 0.717) is 17.8 Å². The molecular formula is C14H21N3O2. The Morgan fingerprint density at radius 1 is 1.26 bits per heavy atom. The van der Waals surface area contributed by atoms with E-state index in [2.05, 4.69) is 16.0 Å². The number of amides is 2. The fourth-order valence-corrected chi connectivity index (χ4v) is 1.70. The summed E-state index contributed by atoms with van der Waals surface area (Å²) in [6.07, 6.45) is 0. The molecule has 5 nitrogen and oxygen atoms in total. The van der Waals surface area contributed by atoms with Crippen molar-refractivity contribution in [3.8, 4) is 0 Å². The Morgan fingerprint density at radius 3 is 2.53 bits per heavy atom. The molecule has 0 bridgehead atoms. The summed E-state index contributed by atoms with van der Waals surface area (Å²) in [4.78, 5) is 23.5. The van der Waals surface area contributed by atoms with Crippen LogP contribution in [0.25, 0.3) is 0 Å². The molecule has 0 spiro atoms. The molecule has 0 aliphatic heterocycles. The van der Waals surface area contributed by atoms with Crippen LogP contribution in [0.3, 0.4) is 0 Å². The Labute approximate surface area is 113 Å². The highest BCUT2D eigenvalue weighted by Gasteiger charge is 2.14. The monoisotopic (exact) mass is 263 g/mol. The topological polar surface area (TPSA) is 70.2 Å². The van der Waals surface area contributed by atoms with Crippen molar-refractivity contribution in [3.63, 3.8) is 0 Å². The minimum atomic E-state index is -0.168. The number of hydrogen-bond donors (Lipinski definition) is 3. The van der Waals surface area contributed by atoms with Crippen LogP contribution >= 0.6 is 0 Å². The first-order valence-electron chi connectivity index (χ1n) is 6.27. The van der Waals surface area contributed by atoms with E-state index >= 15 is 0 Å². The number of hydrogen-bond acceptors (Lipinski definition) is 3. The summed E-state index contributed by atoms with van der Waals surface area (Å²) in [7, 11) is 3.39. The number of carbonyl (C=O) groups excluding carboxylic acids is 2. The number of benzene rings is 1. The molecule has 0 radical (unpaired) electrons. The zero-order valence-corrected chi connectivity index (χ0v) is 11.8. The van der Waals surface area contributed by atoms with E-state index in [4.69, 9.17) is 0 Å². The average molecular weight is 263 g/mol. The van der Waals surface area contributed by atoms with Gasteiger partial charge >= 0.3 is 0 Å². The van der Waals surface area contributed by atoms with Crippen molar-refractivity contribution >= 4 is 17.5 Å². The lowest BCUT2D eigenvalue weighted by molar-refractivity contribution is -0.119. The van der Waals surface area contributed by atoms with Crippen LogP contribution in [0.4, 0.5) is 5.69 Å². The quantitative estimate of drug-likeness (QED) is 0.746. The first kappa shape index (κ1) is 15.2. The summed E-state index contributed by atoms with van der Waals surface area (Å²) < 4.78 is 0. The van der Waals surface area contributed by atoms with Crippen LogP contribution in [-0.4, -0.2) is 32.5 Å². The van der Waals surface area contributed by atoms with Crippen LogP contribution in [0.15, 0.2) is 18.2 Å². The van der Waals surface area contributed by atoms with Crippen molar-refractivity contribution in [2.75, 3.05) is 26.0 Å². The molecule has 1 aromatic carbocycles. The lowest BCUT2D eigenvalue weighted by atomic mass is 10.1. The number of anilines is 1. The predicted octanol–water partition coefficient (Wildman–Crippen LogP) is 1.15. The van der Waals surface area contributed by atoms with Gasteiger partial charge in [0.15, 0.2) is 0 Å². The average Bonchev–Trinajstić information content (AvgIpc) is 2.40. The van der Waals surface area contributed by atoms with Crippen LogP contribution in [0, 0.1) is 12.8 Å². The molecule has 0 fully saturated rings. The standard InChI is InChI=1S/C14H21N3O2/c1-9-5-6-11(14(19)16-4)7-12(9)17-13(18)10(2)8-15-3/h5-7,10,15H,8H2,1-4H3,(H,16,19)(H,17,18). The molecule has 0 saturated heterocycles. The number of aryl methyl sites for hydroxylation is 1. The summed E-state index contributed by atoms with van der Waals surface area (Å²) in [6.45, 7) is 4.36. The molecule has 0 aliphatic rings. The highest BCUT2D eigenvalue weighted by atomic mass is 16.2. The van der Waals surface area contributed by atoms with E-state index in [1.165, 1.54) is 0 Å². The lowest BCUT2D eigenvalue weighted by Gasteiger charge is -2.14. The van der Waals surface area contributed by atoms with Crippen LogP contribution in [0.1, 0.15) is 22.8 Å². The third-order valence-corrected chi connectivity index (χ3v) is 2.94. The van der Waals surface area contributed by atoms with Crippen LogP contribution in [0.2, 0.25) is 0 Å². The molecule has 0 heterocycles. The van der Waals surface area contributed by atoms with Crippen LogP contribution in [0.5, 0.6) is 0 Å². The molecule has 1 atom stereocenters. The van der Waals surface area contributed by atoms with Crippen LogP contribution < -0.4 is 16.0 Å². The van der Waals surface area contributed by atoms with Gasteiger partial charge in [-0.1, -0.05) is 13.0 Å². The molecule has 1 rings (SSSR count).